The number of benzene rings is 2. The summed E-state index contributed by atoms with van der Waals surface area (Å²) in [4.78, 5) is 0. The van der Waals surface area contributed by atoms with E-state index < -0.39 is 6.10 Å². The molecule has 1 N–H and O–H groups in total. The average molecular weight is 374 g/mol. The van der Waals surface area contributed by atoms with Crippen LogP contribution in [0.2, 0.25) is 0 Å². The zero-order valence-electron chi connectivity index (χ0n) is 9.62. The van der Waals surface area contributed by atoms with E-state index in [1.54, 1.807) is 13.0 Å². The molecule has 0 spiro atoms. The molecule has 0 saturated carbocycles. The Bertz CT molecular complexity index is 564. The Morgan fingerprint density at radius 3 is 2.50 bits per heavy atom. The van der Waals surface area contributed by atoms with Crippen molar-refractivity contribution in [3.05, 3.63) is 67.9 Å². The van der Waals surface area contributed by atoms with Crippen molar-refractivity contribution in [3.8, 4) is 0 Å². The summed E-state index contributed by atoms with van der Waals surface area (Å²) >= 11 is 6.75. The van der Waals surface area contributed by atoms with E-state index >= 15 is 0 Å². The summed E-state index contributed by atoms with van der Waals surface area (Å²) in [5.74, 6) is -0.338. The molecule has 0 bridgehead atoms. The number of aryl methyl sites for hydroxylation is 1. The van der Waals surface area contributed by atoms with Gasteiger partial charge < -0.3 is 5.11 Å². The van der Waals surface area contributed by atoms with Gasteiger partial charge in [-0.25, -0.2) is 4.39 Å². The topological polar surface area (TPSA) is 20.2 Å². The summed E-state index contributed by atoms with van der Waals surface area (Å²) in [6.07, 6.45) is -0.855. The summed E-state index contributed by atoms with van der Waals surface area (Å²) in [5.41, 5.74) is 2.04. The molecule has 0 fully saturated rings. The molecule has 94 valence electrons. The molecule has 2 aromatic rings. The van der Waals surface area contributed by atoms with Crippen LogP contribution >= 0.6 is 31.9 Å². The summed E-state index contributed by atoms with van der Waals surface area (Å²) in [6.45, 7) is 1.80. The van der Waals surface area contributed by atoms with Crippen LogP contribution in [0.1, 0.15) is 22.8 Å². The van der Waals surface area contributed by atoms with Crippen LogP contribution in [0.4, 0.5) is 4.39 Å². The number of aliphatic hydroxyl groups is 1. The summed E-state index contributed by atoms with van der Waals surface area (Å²) in [5, 5.41) is 10.3. The highest BCUT2D eigenvalue weighted by Gasteiger charge is 2.15. The van der Waals surface area contributed by atoms with Crippen LogP contribution in [-0.4, -0.2) is 5.11 Å². The molecule has 1 nitrogen and oxygen atoms in total. The number of hydrogen-bond acceptors (Lipinski definition) is 1. The van der Waals surface area contributed by atoms with Crippen LogP contribution in [0.25, 0.3) is 0 Å². The van der Waals surface area contributed by atoms with Crippen molar-refractivity contribution >= 4 is 31.9 Å². The molecular weight excluding hydrogens is 363 g/mol. The zero-order valence-corrected chi connectivity index (χ0v) is 12.8. The number of aliphatic hydroxyl groups excluding tert-OH is 1. The van der Waals surface area contributed by atoms with Crippen molar-refractivity contribution in [2.45, 2.75) is 13.0 Å². The summed E-state index contributed by atoms with van der Waals surface area (Å²) in [6, 6.07) is 10.1. The lowest BCUT2D eigenvalue weighted by atomic mass is 10.00. The van der Waals surface area contributed by atoms with Crippen molar-refractivity contribution in [2.75, 3.05) is 0 Å². The maximum absolute atomic E-state index is 13.4. The second-order valence-electron chi connectivity index (χ2n) is 4.13. The molecule has 0 aliphatic carbocycles. The second-order valence-corrected chi connectivity index (χ2v) is 5.90. The fourth-order valence-corrected chi connectivity index (χ4v) is 2.67. The van der Waals surface area contributed by atoms with Gasteiger partial charge in [0, 0.05) is 14.5 Å². The quantitative estimate of drug-likeness (QED) is 0.805. The molecule has 4 heteroatoms. The fourth-order valence-electron chi connectivity index (χ4n) is 1.83. The predicted molar refractivity (Wildman–Crippen MR) is 77.0 cm³/mol. The van der Waals surface area contributed by atoms with Crippen molar-refractivity contribution < 1.29 is 9.50 Å². The first kappa shape index (κ1) is 13.7. The maximum Gasteiger partial charge on any atom is 0.123 e. The Morgan fingerprint density at radius 2 is 1.83 bits per heavy atom. The molecule has 0 aliphatic heterocycles. The van der Waals surface area contributed by atoms with Gasteiger partial charge in [-0.3, -0.25) is 0 Å². The third-order valence-corrected chi connectivity index (χ3v) is 3.85. The first-order valence-corrected chi connectivity index (χ1v) is 6.96. The van der Waals surface area contributed by atoms with Gasteiger partial charge in [-0.15, -0.1) is 0 Å². The van der Waals surface area contributed by atoms with Gasteiger partial charge in [0.2, 0.25) is 0 Å². The SMILES string of the molecule is Cc1cc(F)cc(C(O)c2cc(Br)ccc2Br)c1. The van der Waals surface area contributed by atoms with E-state index in [-0.39, 0.29) is 5.82 Å². The van der Waals surface area contributed by atoms with Gasteiger partial charge in [0.15, 0.2) is 0 Å². The lowest BCUT2D eigenvalue weighted by molar-refractivity contribution is 0.219. The van der Waals surface area contributed by atoms with Gasteiger partial charge in [0.05, 0.1) is 0 Å². The number of hydrogen-bond donors (Lipinski definition) is 1. The molecule has 0 heterocycles. The van der Waals surface area contributed by atoms with E-state index in [9.17, 15) is 9.50 Å². The smallest absolute Gasteiger partial charge is 0.123 e. The molecule has 0 amide bonds. The molecule has 2 aromatic carbocycles. The summed E-state index contributed by atoms with van der Waals surface area (Å²) in [7, 11) is 0. The molecule has 0 saturated heterocycles. The largest absolute Gasteiger partial charge is 0.384 e. The van der Waals surface area contributed by atoms with E-state index in [1.165, 1.54) is 12.1 Å². The normalized spacial score (nSPS) is 12.5. The van der Waals surface area contributed by atoms with Gasteiger partial charge in [0.1, 0.15) is 11.9 Å². The highest BCUT2D eigenvalue weighted by atomic mass is 79.9. The minimum absolute atomic E-state index is 0.338. The first-order chi connectivity index (χ1) is 8.47. The van der Waals surface area contributed by atoms with Gasteiger partial charge in [-0.1, -0.05) is 37.9 Å². The highest BCUT2D eigenvalue weighted by Crippen LogP contribution is 2.31. The van der Waals surface area contributed by atoms with E-state index in [4.69, 9.17) is 0 Å². The second kappa shape index (κ2) is 5.51. The number of rotatable bonds is 2. The van der Waals surface area contributed by atoms with E-state index in [2.05, 4.69) is 31.9 Å². The Morgan fingerprint density at radius 1 is 1.11 bits per heavy atom. The lowest BCUT2D eigenvalue weighted by Crippen LogP contribution is -2.02. The van der Waals surface area contributed by atoms with E-state index in [0.717, 1.165) is 14.5 Å². The average Bonchev–Trinajstić information content (AvgIpc) is 2.30. The monoisotopic (exact) mass is 372 g/mol. The van der Waals surface area contributed by atoms with Gasteiger partial charge >= 0.3 is 0 Å². The van der Waals surface area contributed by atoms with E-state index in [0.29, 0.717) is 11.1 Å². The standard InChI is InChI=1S/C14H11Br2FO/c1-8-4-9(6-11(17)5-8)14(18)12-7-10(15)2-3-13(12)16/h2-7,14,18H,1H3. The van der Waals surface area contributed by atoms with Crippen LogP contribution in [0.3, 0.4) is 0 Å². The van der Waals surface area contributed by atoms with Gasteiger partial charge in [-0.2, -0.15) is 0 Å². The number of halogens is 3. The molecule has 2 rings (SSSR count). The van der Waals surface area contributed by atoms with Crippen molar-refractivity contribution in [1.82, 2.24) is 0 Å². The molecule has 1 atom stereocenters. The molecule has 0 radical (unpaired) electrons. The van der Waals surface area contributed by atoms with E-state index in [1.807, 2.05) is 18.2 Å². The van der Waals surface area contributed by atoms with Gasteiger partial charge in [-0.05, 0) is 48.4 Å². The predicted octanol–water partition coefficient (Wildman–Crippen LogP) is 4.74. The lowest BCUT2D eigenvalue weighted by Gasteiger charge is -2.14. The van der Waals surface area contributed by atoms with Crippen molar-refractivity contribution in [1.29, 1.82) is 0 Å². The van der Waals surface area contributed by atoms with Crippen LogP contribution in [0.5, 0.6) is 0 Å². The van der Waals surface area contributed by atoms with Crippen LogP contribution in [-0.2, 0) is 0 Å². The Labute approximate surface area is 122 Å². The maximum atomic E-state index is 13.4. The Hall–Kier alpha value is -0.710. The Kier molecular flexibility index (Phi) is 4.20. The van der Waals surface area contributed by atoms with Crippen LogP contribution < -0.4 is 0 Å². The zero-order chi connectivity index (χ0) is 13.3. The molecule has 0 aliphatic rings. The molecule has 0 aromatic heterocycles. The van der Waals surface area contributed by atoms with Crippen LogP contribution in [0, 0.1) is 12.7 Å². The van der Waals surface area contributed by atoms with Crippen molar-refractivity contribution in [3.63, 3.8) is 0 Å². The molecular formula is C14H11Br2FO. The minimum atomic E-state index is -0.855. The molecule has 18 heavy (non-hydrogen) atoms. The third-order valence-electron chi connectivity index (χ3n) is 2.63. The Balaban J connectivity index is 2.47. The highest BCUT2D eigenvalue weighted by molar-refractivity contribution is 9.11. The van der Waals surface area contributed by atoms with Crippen molar-refractivity contribution in [2.24, 2.45) is 0 Å². The third kappa shape index (κ3) is 2.99. The van der Waals surface area contributed by atoms with Crippen LogP contribution in [0.15, 0.2) is 45.3 Å². The summed E-state index contributed by atoms with van der Waals surface area (Å²) < 4.78 is 15.0. The minimum Gasteiger partial charge on any atom is -0.384 e. The fraction of sp³-hybridized carbons (Fsp3) is 0.143. The molecule has 1 unspecified atom stereocenters. The van der Waals surface area contributed by atoms with Gasteiger partial charge in [0.25, 0.3) is 0 Å². The first-order valence-electron chi connectivity index (χ1n) is 5.37.